The maximum atomic E-state index is 5.85. The largest absolute Gasteiger partial charge is 0.375 e. The van der Waals surface area contributed by atoms with Gasteiger partial charge >= 0.3 is 0 Å². The van der Waals surface area contributed by atoms with Gasteiger partial charge in [0.1, 0.15) is 0 Å². The van der Waals surface area contributed by atoms with Crippen molar-refractivity contribution in [1.82, 2.24) is 29.7 Å². The number of rotatable bonds is 7. The molecule has 0 fully saturated rings. The molecule has 0 amide bonds. The second kappa shape index (κ2) is 7.48. The zero-order valence-electron chi connectivity index (χ0n) is 15.5. The molecular weight excluding hydrogens is 358 g/mol. The van der Waals surface area contributed by atoms with Crippen molar-refractivity contribution in [1.29, 1.82) is 0 Å². The Balaban J connectivity index is 1.66. The predicted octanol–water partition coefficient (Wildman–Crippen LogP) is 3.69. The van der Waals surface area contributed by atoms with E-state index < -0.39 is 0 Å². The summed E-state index contributed by atoms with van der Waals surface area (Å²) in [5.74, 6) is 2.39. The van der Waals surface area contributed by atoms with E-state index in [1.54, 1.807) is 6.33 Å². The van der Waals surface area contributed by atoms with Gasteiger partial charge in [-0.25, -0.2) is 19.6 Å². The number of H-pyrrole nitrogens is 1. The summed E-state index contributed by atoms with van der Waals surface area (Å²) in [6.07, 6.45) is 6.33. The van der Waals surface area contributed by atoms with E-state index in [1.165, 1.54) is 11.3 Å². The van der Waals surface area contributed by atoms with Crippen molar-refractivity contribution < 1.29 is 0 Å². The lowest BCUT2D eigenvalue weighted by Gasteiger charge is -2.05. The second-order valence-electron chi connectivity index (χ2n) is 7.07. The number of aromatic amines is 1. The number of thiazole rings is 1. The van der Waals surface area contributed by atoms with Gasteiger partial charge < -0.3 is 10.7 Å². The molecule has 1 aromatic carbocycles. The topological polar surface area (TPSA) is 98.3 Å². The van der Waals surface area contributed by atoms with Crippen LogP contribution >= 0.6 is 11.3 Å². The van der Waals surface area contributed by atoms with Gasteiger partial charge in [-0.1, -0.05) is 25.2 Å². The van der Waals surface area contributed by atoms with Crippen LogP contribution in [0.2, 0.25) is 0 Å². The molecule has 0 saturated carbocycles. The van der Waals surface area contributed by atoms with Crippen LogP contribution in [0.3, 0.4) is 0 Å². The van der Waals surface area contributed by atoms with Crippen LogP contribution in [0, 0.1) is 5.92 Å². The lowest BCUT2D eigenvalue weighted by atomic mass is 10.1. The number of nitrogens with zero attached hydrogens (tertiary/aromatic N) is 5. The summed E-state index contributed by atoms with van der Waals surface area (Å²) >= 11 is 1.50. The minimum atomic E-state index is 0.584. The summed E-state index contributed by atoms with van der Waals surface area (Å²) in [6, 6.07) is 6.18. The van der Waals surface area contributed by atoms with Crippen LogP contribution in [-0.4, -0.2) is 29.7 Å². The number of anilines is 1. The summed E-state index contributed by atoms with van der Waals surface area (Å²) in [5.41, 5.74) is 8.85. The smallest absolute Gasteiger partial charge is 0.181 e. The van der Waals surface area contributed by atoms with Crippen molar-refractivity contribution in [3.8, 4) is 11.4 Å². The average molecular weight is 382 g/mol. The Labute approximate surface area is 161 Å². The fraction of sp³-hybridized carbons (Fsp3) is 0.368. The molecular formula is C19H23N7S. The average Bonchev–Trinajstić information content (AvgIpc) is 3.36. The summed E-state index contributed by atoms with van der Waals surface area (Å²) in [4.78, 5) is 16.5. The van der Waals surface area contributed by atoms with Gasteiger partial charge in [0.25, 0.3) is 0 Å². The zero-order valence-corrected chi connectivity index (χ0v) is 16.3. The first-order valence-electron chi connectivity index (χ1n) is 9.16. The van der Waals surface area contributed by atoms with Gasteiger partial charge in [0.2, 0.25) is 0 Å². The van der Waals surface area contributed by atoms with E-state index in [0.29, 0.717) is 11.0 Å². The van der Waals surface area contributed by atoms with Crippen LogP contribution in [-0.2, 0) is 19.4 Å². The molecule has 140 valence electrons. The first kappa shape index (κ1) is 17.7. The molecule has 0 bridgehead atoms. The van der Waals surface area contributed by atoms with Crippen LogP contribution in [0.5, 0.6) is 0 Å². The monoisotopic (exact) mass is 381 g/mol. The second-order valence-corrected chi connectivity index (χ2v) is 8.13. The van der Waals surface area contributed by atoms with E-state index in [9.17, 15) is 0 Å². The molecule has 4 aromatic rings. The standard InChI is InChI=1S/C19H23N7S/c1-12(2)3-6-17-24-18(26(25-17)8-7-14-10-21-11-22-14)13-4-5-16-15(9-13)23-19(20)27-16/h4-5,9-12H,3,6-8H2,1-2H3,(H2,20,23)(H,21,22). The molecule has 0 radical (unpaired) electrons. The molecule has 0 aliphatic carbocycles. The third-order valence-corrected chi connectivity index (χ3v) is 5.34. The summed E-state index contributed by atoms with van der Waals surface area (Å²) in [5, 5.41) is 5.36. The molecule has 0 atom stereocenters. The minimum absolute atomic E-state index is 0.584. The van der Waals surface area contributed by atoms with Crippen LogP contribution in [0.4, 0.5) is 5.13 Å². The zero-order chi connectivity index (χ0) is 18.8. The predicted molar refractivity (Wildman–Crippen MR) is 108 cm³/mol. The molecule has 8 heteroatoms. The van der Waals surface area contributed by atoms with Crippen LogP contribution < -0.4 is 5.73 Å². The molecule has 0 unspecified atom stereocenters. The fourth-order valence-corrected chi connectivity index (χ4v) is 3.73. The first-order chi connectivity index (χ1) is 13.1. The normalized spacial score (nSPS) is 11.7. The summed E-state index contributed by atoms with van der Waals surface area (Å²) in [6.45, 7) is 5.18. The van der Waals surface area contributed by atoms with Gasteiger partial charge in [0, 0.05) is 36.8 Å². The number of fused-ring (bicyclic) bond motifs is 1. The Hall–Kier alpha value is -2.74. The molecule has 0 saturated heterocycles. The molecule has 3 N–H and O–H groups in total. The van der Waals surface area contributed by atoms with Crippen molar-refractivity contribution in [3.05, 3.63) is 42.2 Å². The van der Waals surface area contributed by atoms with E-state index in [-0.39, 0.29) is 0 Å². The SMILES string of the molecule is CC(C)CCc1nc(-c2ccc3sc(N)nc3c2)n(CCc2cnc[nH]2)n1. The number of benzene rings is 1. The maximum absolute atomic E-state index is 5.85. The Morgan fingerprint density at radius 3 is 2.89 bits per heavy atom. The van der Waals surface area contributed by atoms with Crippen molar-refractivity contribution >= 4 is 26.7 Å². The number of hydrogen-bond acceptors (Lipinski definition) is 6. The van der Waals surface area contributed by atoms with Crippen LogP contribution in [0.15, 0.2) is 30.7 Å². The van der Waals surface area contributed by atoms with Crippen LogP contribution in [0.1, 0.15) is 31.8 Å². The van der Waals surface area contributed by atoms with Crippen molar-refractivity contribution in [3.63, 3.8) is 0 Å². The highest BCUT2D eigenvalue weighted by atomic mass is 32.1. The quantitative estimate of drug-likeness (QED) is 0.509. The lowest BCUT2D eigenvalue weighted by molar-refractivity contribution is 0.561. The van der Waals surface area contributed by atoms with Gasteiger partial charge in [0.05, 0.1) is 16.5 Å². The minimum Gasteiger partial charge on any atom is -0.375 e. The highest BCUT2D eigenvalue weighted by Crippen LogP contribution is 2.28. The van der Waals surface area contributed by atoms with Gasteiger partial charge in [-0.05, 0) is 30.5 Å². The summed E-state index contributed by atoms with van der Waals surface area (Å²) in [7, 11) is 0. The lowest BCUT2D eigenvalue weighted by Crippen LogP contribution is -2.06. The van der Waals surface area contributed by atoms with Crippen molar-refractivity contribution in [2.24, 2.45) is 5.92 Å². The molecule has 0 aliphatic heterocycles. The Kier molecular flexibility index (Phi) is 4.89. The molecule has 0 aliphatic rings. The number of imidazole rings is 1. The molecule has 3 aromatic heterocycles. The first-order valence-corrected chi connectivity index (χ1v) is 9.97. The number of nitrogens with two attached hydrogens (primary N) is 1. The van der Waals surface area contributed by atoms with E-state index in [2.05, 4.69) is 40.9 Å². The number of aromatic nitrogens is 6. The van der Waals surface area contributed by atoms with Gasteiger partial charge in [0.15, 0.2) is 16.8 Å². The molecule has 3 heterocycles. The maximum Gasteiger partial charge on any atom is 0.181 e. The van der Waals surface area contributed by atoms with E-state index in [0.717, 1.165) is 58.9 Å². The van der Waals surface area contributed by atoms with E-state index in [4.69, 9.17) is 15.8 Å². The molecule has 7 nitrogen and oxygen atoms in total. The Morgan fingerprint density at radius 2 is 2.11 bits per heavy atom. The van der Waals surface area contributed by atoms with Crippen molar-refractivity contribution in [2.75, 3.05) is 5.73 Å². The van der Waals surface area contributed by atoms with Crippen LogP contribution in [0.25, 0.3) is 21.6 Å². The number of nitrogen functional groups attached to an aromatic ring is 1. The number of hydrogen-bond donors (Lipinski definition) is 2. The highest BCUT2D eigenvalue weighted by Gasteiger charge is 2.14. The third-order valence-electron chi connectivity index (χ3n) is 4.47. The van der Waals surface area contributed by atoms with Gasteiger partial charge in [-0.2, -0.15) is 5.10 Å². The van der Waals surface area contributed by atoms with Crippen molar-refractivity contribution in [2.45, 2.75) is 39.7 Å². The highest BCUT2D eigenvalue weighted by molar-refractivity contribution is 7.22. The molecule has 0 spiro atoms. The molecule has 4 rings (SSSR count). The Bertz CT molecular complexity index is 1030. The summed E-state index contributed by atoms with van der Waals surface area (Å²) < 4.78 is 3.08. The third kappa shape index (κ3) is 4.00. The fourth-order valence-electron chi connectivity index (χ4n) is 3.01. The number of nitrogens with one attached hydrogen (secondary N) is 1. The Morgan fingerprint density at radius 1 is 1.22 bits per heavy atom. The number of aryl methyl sites for hydroxylation is 3. The van der Waals surface area contributed by atoms with E-state index >= 15 is 0 Å². The van der Waals surface area contributed by atoms with Gasteiger partial charge in [-0.3, -0.25) is 0 Å². The van der Waals surface area contributed by atoms with Gasteiger partial charge in [-0.15, -0.1) is 0 Å². The van der Waals surface area contributed by atoms with E-state index in [1.807, 2.05) is 16.9 Å². The molecule has 27 heavy (non-hydrogen) atoms.